The average molecular weight is 246 g/mol. The van der Waals surface area contributed by atoms with E-state index in [2.05, 4.69) is 5.16 Å². The maximum Gasteiger partial charge on any atom is 0.167 e. The maximum absolute atomic E-state index is 5.70. The van der Waals surface area contributed by atoms with Gasteiger partial charge in [-0.2, -0.15) is 0 Å². The Balaban J connectivity index is 2.28. The van der Waals surface area contributed by atoms with Crippen molar-refractivity contribution < 1.29 is 9.26 Å². The van der Waals surface area contributed by atoms with Gasteiger partial charge in [0.05, 0.1) is 11.8 Å². The van der Waals surface area contributed by atoms with Crippen LogP contribution in [0, 0.1) is 6.92 Å². The van der Waals surface area contributed by atoms with Crippen LogP contribution in [0.1, 0.15) is 25.1 Å². The van der Waals surface area contributed by atoms with E-state index in [0.29, 0.717) is 6.54 Å². The molecular weight excluding hydrogens is 228 g/mol. The molecule has 18 heavy (non-hydrogen) atoms. The van der Waals surface area contributed by atoms with Crippen molar-refractivity contribution in [2.24, 2.45) is 5.73 Å². The molecule has 0 amide bonds. The van der Waals surface area contributed by atoms with E-state index in [1.165, 1.54) is 0 Å². The third-order valence-electron chi connectivity index (χ3n) is 2.59. The summed E-state index contributed by atoms with van der Waals surface area (Å²) in [4.78, 5) is 0. The molecule has 4 nitrogen and oxygen atoms in total. The predicted octanol–water partition coefficient (Wildman–Crippen LogP) is 2.90. The molecule has 96 valence electrons. The molecule has 0 bridgehead atoms. The normalized spacial score (nSPS) is 10.9. The number of hydrogen-bond donors (Lipinski definition) is 1. The van der Waals surface area contributed by atoms with Crippen molar-refractivity contribution in [2.45, 2.75) is 33.4 Å². The Labute approximate surface area is 107 Å². The fraction of sp³-hybridized carbons (Fsp3) is 0.357. The van der Waals surface area contributed by atoms with Gasteiger partial charge in [0.2, 0.25) is 0 Å². The SMILES string of the molecule is Cc1cc(-c2cc(CN)no2)ccc1OC(C)C. The smallest absolute Gasteiger partial charge is 0.167 e. The van der Waals surface area contributed by atoms with Crippen LogP contribution in [0.3, 0.4) is 0 Å². The summed E-state index contributed by atoms with van der Waals surface area (Å²) in [7, 11) is 0. The molecule has 0 saturated carbocycles. The molecule has 1 heterocycles. The highest BCUT2D eigenvalue weighted by molar-refractivity contribution is 5.60. The van der Waals surface area contributed by atoms with Gasteiger partial charge < -0.3 is 15.0 Å². The third-order valence-corrected chi connectivity index (χ3v) is 2.59. The summed E-state index contributed by atoms with van der Waals surface area (Å²) in [6, 6.07) is 7.80. The van der Waals surface area contributed by atoms with Gasteiger partial charge in [0, 0.05) is 18.2 Å². The second-order valence-electron chi connectivity index (χ2n) is 4.53. The summed E-state index contributed by atoms with van der Waals surface area (Å²) < 4.78 is 10.9. The number of aryl methyl sites for hydroxylation is 1. The maximum atomic E-state index is 5.70. The Hall–Kier alpha value is -1.81. The lowest BCUT2D eigenvalue weighted by molar-refractivity contribution is 0.241. The minimum absolute atomic E-state index is 0.170. The molecule has 0 fully saturated rings. The molecule has 0 radical (unpaired) electrons. The average Bonchev–Trinajstić information content (AvgIpc) is 2.80. The van der Waals surface area contributed by atoms with Gasteiger partial charge in [-0.15, -0.1) is 0 Å². The van der Waals surface area contributed by atoms with Crippen molar-refractivity contribution in [1.82, 2.24) is 5.16 Å². The van der Waals surface area contributed by atoms with Gasteiger partial charge in [-0.25, -0.2) is 0 Å². The quantitative estimate of drug-likeness (QED) is 0.901. The Kier molecular flexibility index (Phi) is 3.67. The summed E-state index contributed by atoms with van der Waals surface area (Å²) in [6.07, 6.45) is 0.170. The molecule has 0 unspecified atom stereocenters. The second-order valence-corrected chi connectivity index (χ2v) is 4.53. The molecule has 2 N–H and O–H groups in total. The van der Waals surface area contributed by atoms with E-state index in [1.807, 2.05) is 45.0 Å². The highest BCUT2D eigenvalue weighted by atomic mass is 16.5. The van der Waals surface area contributed by atoms with Crippen molar-refractivity contribution in [1.29, 1.82) is 0 Å². The van der Waals surface area contributed by atoms with E-state index >= 15 is 0 Å². The Bertz CT molecular complexity index is 532. The molecule has 0 spiro atoms. The second kappa shape index (κ2) is 5.23. The van der Waals surface area contributed by atoms with Gasteiger partial charge in [-0.3, -0.25) is 0 Å². The molecule has 1 aromatic heterocycles. The summed E-state index contributed by atoms with van der Waals surface area (Å²) in [5.41, 5.74) is 8.32. The first-order valence-electron chi connectivity index (χ1n) is 6.03. The van der Waals surface area contributed by atoms with Gasteiger partial charge in [-0.1, -0.05) is 5.16 Å². The number of nitrogens with zero attached hydrogens (tertiary/aromatic N) is 1. The van der Waals surface area contributed by atoms with Crippen LogP contribution < -0.4 is 10.5 Å². The summed E-state index contributed by atoms with van der Waals surface area (Å²) in [5.74, 6) is 1.63. The Morgan fingerprint density at radius 2 is 2.11 bits per heavy atom. The lowest BCUT2D eigenvalue weighted by Gasteiger charge is -2.12. The fourth-order valence-corrected chi connectivity index (χ4v) is 1.73. The molecule has 0 aliphatic rings. The number of rotatable bonds is 4. The lowest BCUT2D eigenvalue weighted by atomic mass is 10.1. The highest BCUT2D eigenvalue weighted by Crippen LogP contribution is 2.27. The van der Waals surface area contributed by atoms with Crippen LogP contribution in [-0.4, -0.2) is 11.3 Å². The van der Waals surface area contributed by atoms with Crippen molar-refractivity contribution >= 4 is 0 Å². The molecule has 1 aromatic carbocycles. The molecule has 2 aromatic rings. The summed E-state index contributed by atoms with van der Waals surface area (Å²) >= 11 is 0. The summed E-state index contributed by atoms with van der Waals surface area (Å²) in [5, 5.41) is 3.88. The van der Waals surface area contributed by atoms with Crippen LogP contribution >= 0.6 is 0 Å². The molecule has 0 saturated heterocycles. The van der Waals surface area contributed by atoms with Crippen molar-refractivity contribution in [3.63, 3.8) is 0 Å². The van der Waals surface area contributed by atoms with Crippen LogP contribution in [0.15, 0.2) is 28.8 Å². The number of hydrogen-bond acceptors (Lipinski definition) is 4. The lowest BCUT2D eigenvalue weighted by Crippen LogP contribution is -2.06. The van der Waals surface area contributed by atoms with Crippen LogP contribution in [0.4, 0.5) is 0 Å². The fourth-order valence-electron chi connectivity index (χ4n) is 1.73. The van der Waals surface area contributed by atoms with Gasteiger partial charge >= 0.3 is 0 Å². The third kappa shape index (κ3) is 2.71. The van der Waals surface area contributed by atoms with E-state index in [0.717, 1.165) is 28.3 Å². The standard InChI is InChI=1S/C14H18N2O2/c1-9(2)17-13-5-4-11(6-10(13)3)14-7-12(8-15)16-18-14/h4-7,9H,8,15H2,1-3H3. The predicted molar refractivity (Wildman–Crippen MR) is 70.3 cm³/mol. The Morgan fingerprint density at radius 1 is 1.33 bits per heavy atom. The van der Waals surface area contributed by atoms with E-state index in [9.17, 15) is 0 Å². The van der Waals surface area contributed by atoms with Crippen LogP contribution in [0.5, 0.6) is 5.75 Å². The van der Waals surface area contributed by atoms with Crippen LogP contribution in [0.25, 0.3) is 11.3 Å². The van der Waals surface area contributed by atoms with E-state index in [4.69, 9.17) is 15.0 Å². The molecule has 4 heteroatoms. The minimum Gasteiger partial charge on any atom is -0.491 e. The highest BCUT2D eigenvalue weighted by Gasteiger charge is 2.09. The van der Waals surface area contributed by atoms with Crippen molar-refractivity contribution in [2.75, 3.05) is 0 Å². The van der Waals surface area contributed by atoms with Crippen molar-refractivity contribution in [3.8, 4) is 17.1 Å². The van der Waals surface area contributed by atoms with E-state index in [-0.39, 0.29) is 6.10 Å². The first kappa shape index (κ1) is 12.6. The van der Waals surface area contributed by atoms with E-state index in [1.54, 1.807) is 0 Å². The van der Waals surface area contributed by atoms with Crippen LogP contribution in [-0.2, 0) is 6.54 Å². The summed E-state index contributed by atoms with van der Waals surface area (Å²) in [6.45, 7) is 6.42. The number of ether oxygens (including phenoxy) is 1. The van der Waals surface area contributed by atoms with Gasteiger partial charge in [-0.05, 0) is 44.5 Å². The number of benzene rings is 1. The molecule has 0 aliphatic carbocycles. The van der Waals surface area contributed by atoms with E-state index < -0.39 is 0 Å². The first-order valence-corrected chi connectivity index (χ1v) is 6.03. The zero-order chi connectivity index (χ0) is 13.1. The van der Waals surface area contributed by atoms with Gasteiger partial charge in [0.25, 0.3) is 0 Å². The number of aromatic nitrogens is 1. The largest absolute Gasteiger partial charge is 0.491 e. The zero-order valence-electron chi connectivity index (χ0n) is 10.9. The monoisotopic (exact) mass is 246 g/mol. The van der Waals surface area contributed by atoms with Gasteiger partial charge in [0.15, 0.2) is 5.76 Å². The molecule has 0 atom stereocenters. The zero-order valence-corrected chi connectivity index (χ0v) is 10.9. The Morgan fingerprint density at radius 3 is 2.67 bits per heavy atom. The number of nitrogens with two attached hydrogens (primary N) is 1. The molecule has 0 aliphatic heterocycles. The van der Waals surface area contributed by atoms with Crippen LogP contribution in [0.2, 0.25) is 0 Å². The first-order chi connectivity index (χ1) is 8.60. The van der Waals surface area contributed by atoms with Gasteiger partial charge in [0.1, 0.15) is 5.75 Å². The minimum atomic E-state index is 0.170. The molecular formula is C14H18N2O2. The molecule has 2 rings (SSSR count). The topological polar surface area (TPSA) is 61.3 Å². The van der Waals surface area contributed by atoms with Crippen molar-refractivity contribution in [3.05, 3.63) is 35.5 Å².